The van der Waals surface area contributed by atoms with Crippen molar-refractivity contribution in [3.05, 3.63) is 58.6 Å². The lowest BCUT2D eigenvalue weighted by molar-refractivity contribution is 0.0474. The molecule has 1 aliphatic heterocycles. The molecule has 3 rings (SSSR count). The highest BCUT2D eigenvalue weighted by atomic mass is 35.5. The summed E-state index contributed by atoms with van der Waals surface area (Å²) < 4.78 is 35.7. The Morgan fingerprint density at radius 1 is 1.19 bits per heavy atom. The van der Waals surface area contributed by atoms with Crippen molar-refractivity contribution in [2.75, 3.05) is 20.3 Å². The highest BCUT2D eigenvalue weighted by molar-refractivity contribution is 7.90. The molecule has 0 atom stereocenters. The number of esters is 1. The molecule has 0 bridgehead atoms. The first-order valence-electron chi connectivity index (χ1n) is 7.53. The fourth-order valence-corrected chi connectivity index (χ4v) is 4.32. The van der Waals surface area contributed by atoms with E-state index in [1.165, 1.54) is 31.4 Å². The van der Waals surface area contributed by atoms with Gasteiger partial charge in [0.1, 0.15) is 22.8 Å². The molecular formula is C17H14ClNO6S. The van der Waals surface area contributed by atoms with E-state index in [9.17, 15) is 18.0 Å². The zero-order valence-electron chi connectivity index (χ0n) is 13.6. The van der Waals surface area contributed by atoms with Crippen LogP contribution in [0.1, 0.15) is 20.7 Å². The standard InChI is InChI=1S/C17H14ClNO6S/c1-24-14-7-6-11(18)10-13(14)17(21)25-9-8-19-16(20)12-4-2-3-5-15(12)26(19,22)23/h2-7,10H,8-9H2,1H3. The van der Waals surface area contributed by atoms with Crippen molar-refractivity contribution in [2.24, 2.45) is 0 Å². The largest absolute Gasteiger partial charge is 0.496 e. The molecule has 0 saturated carbocycles. The van der Waals surface area contributed by atoms with Crippen LogP contribution in [0.4, 0.5) is 0 Å². The van der Waals surface area contributed by atoms with Crippen LogP contribution in [0.25, 0.3) is 0 Å². The molecule has 1 amide bonds. The minimum atomic E-state index is -3.93. The first-order valence-corrected chi connectivity index (χ1v) is 9.35. The molecule has 136 valence electrons. The summed E-state index contributed by atoms with van der Waals surface area (Å²) in [7, 11) is -2.54. The van der Waals surface area contributed by atoms with Gasteiger partial charge in [0.25, 0.3) is 15.9 Å². The molecule has 0 N–H and O–H groups in total. The highest BCUT2D eigenvalue weighted by Crippen LogP contribution is 2.29. The monoisotopic (exact) mass is 395 g/mol. The van der Waals surface area contributed by atoms with Crippen molar-refractivity contribution in [3.8, 4) is 5.75 Å². The Morgan fingerprint density at radius 2 is 1.92 bits per heavy atom. The lowest BCUT2D eigenvalue weighted by Gasteiger charge is -2.15. The van der Waals surface area contributed by atoms with E-state index in [0.29, 0.717) is 9.33 Å². The summed E-state index contributed by atoms with van der Waals surface area (Å²) in [4.78, 5) is 24.4. The number of fused-ring (bicyclic) bond motifs is 1. The summed E-state index contributed by atoms with van der Waals surface area (Å²) in [6.07, 6.45) is 0. The van der Waals surface area contributed by atoms with E-state index in [4.69, 9.17) is 21.1 Å². The molecule has 1 heterocycles. The summed E-state index contributed by atoms with van der Waals surface area (Å²) >= 11 is 5.87. The average molecular weight is 396 g/mol. The number of carbonyl (C=O) groups is 2. The Hall–Kier alpha value is -2.58. The van der Waals surface area contributed by atoms with Crippen molar-refractivity contribution in [1.29, 1.82) is 0 Å². The molecule has 2 aromatic carbocycles. The minimum Gasteiger partial charge on any atom is -0.496 e. The molecule has 0 fully saturated rings. The Balaban J connectivity index is 1.71. The molecule has 0 unspecified atom stereocenters. The van der Waals surface area contributed by atoms with Gasteiger partial charge in [-0.1, -0.05) is 23.7 Å². The fraction of sp³-hybridized carbons (Fsp3) is 0.176. The topological polar surface area (TPSA) is 90.0 Å². The molecule has 2 aromatic rings. The quantitative estimate of drug-likeness (QED) is 0.722. The smallest absolute Gasteiger partial charge is 0.342 e. The summed E-state index contributed by atoms with van der Waals surface area (Å²) in [5.41, 5.74) is 0.217. The van der Waals surface area contributed by atoms with Crippen LogP contribution in [0.15, 0.2) is 47.4 Å². The molecule has 0 radical (unpaired) electrons. The number of methoxy groups -OCH3 is 1. The first kappa shape index (κ1) is 18.2. The van der Waals surface area contributed by atoms with Crippen molar-refractivity contribution in [3.63, 3.8) is 0 Å². The Labute approximate surface area is 155 Å². The van der Waals surface area contributed by atoms with Gasteiger partial charge in [0.05, 0.1) is 19.2 Å². The van der Waals surface area contributed by atoms with Gasteiger partial charge >= 0.3 is 5.97 Å². The van der Waals surface area contributed by atoms with Crippen molar-refractivity contribution >= 4 is 33.5 Å². The third-order valence-corrected chi connectivity index (χ3v) is 5.90. The molecule has 0 spiro atoms. The van der Waals surface area contributed by atoms with Gasteiger partial charge in [0, 0.05) is 5.02 Å². The van der Waals surface area contributed by atoms with E-state index in [1.807, 2.05) is 0 Å². The average Bonchev–Trinajstić information content (AvgIpc) is 2.82. The van der Waals surface area contributed by atoms with Crippen LogP contribution in [-0.4, -0.2) is 44.9 Å². The number of sulfonamides is 1. The maximum atomic E-state index is 12.4. The van der Waals surface area contributed by atoms with Gasteiger partial charge in [-0.2, -0.15) is 0 Å². The zero-order chi connectivity index (χ0) is 18.9. The maximum absolute atomic E-state index is 12.4. The van der Waals surface area contributed by atoms with E-state index >= 15 is 0 Å². The van der Waals surface area contributed by atoms with E-state index in [1.54, 1.807) is 18.2 Å². The lowest BCUT2D eigenvalue weighted by Crippen LogP contribution is -2.33. The molecular weight excluding hydrogens is 382 g/mol. The van der Waals surface area contributed by atoms with Gasteiger partial charge in [0.15, 0.2) is 0 Å². The van der Waals surface area contributed by atoms with Crippen LogP contribution >= 0.6 is 11.6 Å². The van der Waals surface area contributed by atoms with Crippen LogP contribution in [0.5, 0.6) is 5.75 Å². The second kappa shape index (κ2) is 6.97. The third-order valence-electron chi connectivity index (χ3n) is 3.82. The zero-order valence-corrected chi connectivity index (χ0v) is 15.2. The van der Waals surface area contributed by atoms with Crippen LogP contribution in [0.2, 0.25) is 5.02 Å². The van der Waals surface area contributed by atoms with Crippen molar-refractivity contribution in [2.45, 2.75) is 4.90 Å². The summed E-state index contributed by atoms with van der Waals surface area (Å²) in [6.45, 7) is -0.585. The number of benzene rings is 2. The number of nitrogens with zero attached hydrogens (tertiary/aromatic N) is 1. The minimum absolute atomic E-state index is 0.0483. The predicted octanol–water partition coefficient (Wildman–Crippen LogP) is 2.35. The van der Waals surface area contributed by atoms with Crippen LogP contribution in [0.3, 0.4) is 0 Å². The van der Waals surface area contributed by atoms with Crippen molar-refractivity contribution < 1.29 is 27.5 Å². The second-order valence-electron chi connectivity index (χ2n) is 5.36. The number of ether oxygens (including phenoxy) is 2. The molecule has 7 nitrogen and oxygen atoms in total. The summed E-state index contributed by atoms with van der Waals surface area (Å²) in [6, 6.07) is 10.4. The number of rotatable bonds is 5. The number of halogens is 1. The molecule has 1 aliphatic rings. The molecule has 0 aromatic heterocycles. The van der Waals surface area contributed by atoms with Crippen molar-refractivity contribution in [1.82, 2.24) is 4.31 Å². The predicted molar refractivity (Wildman–Crippen MR) is 93.0 cm³/mol. The third kappa shape index (κ3) is 3.13. The normalized spacial score (nSPS) is 14.8. The van der Waals surface area contributed by atoms with Gasteiger partial charge in [-0.15, -0.1) is 0 Å². The maximum Gasteiger partial charge on any atom is 0.342 e. The van der Waals surface area contributed by atoms with Gasteiger partial charge < -0.3 is 9.47 Å². The number of hydrogen-bond donors (Lipinski definition) is 0. The Bertz CT molecular complexity index is 988. The first-order chi connectivity index (χ1) is 12.4. The Morgan fingerprint density at radius 3 is 2.62 bits per heavy atom. The van der Waals surface area contributed by atoms with Gasteiger partial charge in [-0.3, -0.25) is 4.79 Å². The van der Waals surface area contributed by atoms with Crippen LogP contribution in [0, 0.1) is 0 Å². The number of carbonyl (C=O) groups excluding carboxylic acids is 2. The van der Waals surface area contributed by atoms with Gasteiger partial charge in [0.2, 0.25) is 0 Å². The fourth-order valence-electron chi connectivity index (χ4n) is 2.59. The van der Waals surface area contributed by atoms with E-state index in [-0.39, 0.29) is 34.9 Å². The lowest BCUT2D eigenvalue weighted by atomic mass is 10.2. The SMILES string of the molecule is COc1ccc(Cl)cc1C(=O)OCCN1C(=O)c2ccccc2S1(=O)=O. The molecule has 26 heavy (non-hydrogen) atoms. The molecule has 9 heteroatoms. The Kier molecular flexibility index (Phi) is 4.88. The molecule has 0 saturated heterocycles. The molecule has 0 aliphatic carbocycles. The van der Waals surface area contributed by atoms with E-state index in [2.05, 4.69) is 0 Å². The second-order valence-corrected chi connectivity index (χ2v) is 7.63. The van der Waals surface area contributed by atoms with E-state index < -0.39 is 21.9 Å². The number of hydrogen-bond acceptors (Lipinski definition) is 6. The van der Waals surface area contributed by atoms with Crippen LogP contribution < -0.4 is 4.74 Å². The number of amides is 1. The van der Waals surface area contributed by atoms with Gasteiger partial charge in [-0.25, -0.2) is 17.5 Å². The van der Waals surface area contributed by atoms with Crippen LogP contribution in [-0.2, 0) is 14.8 Å². The summed E-state index contributed by atoms with van der Waals surface area (Å²) in [5, 5.41) is 0.325. The summed E-state index contributed by atoms with van der Waals surface area (Å²) in [5.74, 6) is -1.10. The van der Waals surface area contributed by atoms with Gasteiger partial charge in [-0.05, 0) is 30.3 Å². The van der Waals surface area contributed by atoms with E-state index in [0.717, 1.165) is 0 Å². The highest BCUT2D eigenvalue weighted by Gasteiger charge is 2.40.